The Hall–Kier alpha value is -2.76. The number of para-hydroxylation sites is 1. The number of nitrogens with zero attached hydrogens (tertiary/aromatic N) is 5. The smallest absolute Gasteiger partial charge is 0.255 e. The van der Waals surface area contributed by atoms with Crippen molar-refractivity contribution in [1.29, 1.82) is 0 Å². The minimum absolute atomic E-state index is 0.0341. The van der Waals surface area contributed by atoms with Crippen molar-refractivity contribution in [3.05, 3.63) is 53.7 Å². The SMILES string of the molecule is CC(C)C[C@H]1c2nc(C3CC3)nn2CCN1C(=O)c1ccnc2ccccc12. The lowest BCUT2D eigenvalue weighted by Gasteiger charge is -2.36. The van der Waals surface area contributed by atoms with Gasteiger partial charge in [-0.05, 0) is 37.3 Å². The molecule has 3 heterocycles. The summed E-state index contributed by atoms with van der Waals surface area (Å²) in [5, 5.41) is 5.65. The number of aromatic nitrogens is 4. The van der Waals surface area contributed by atoms with Gasteiger partial charge in [0.05, 0.1) is 23.7 Å². The second kappa shape index (κ2) is 6.69. The van der Waals surface area contributed by atoms with Gasteiger partial charge in [0.1, 0.15) is 5.82 Å². The molecule has 0 saturated heterocycles. The van der Waals surface area contributed by atoms with Gasteiger partial charge in [0.25, 0.3) is 5.91 Å². The van der Waals surface area contributed by atoms with E-state index in [-0.39, 0.29) is 11.9 Å². The number of pyridine rings is 1. The Labute approximate surface area is 164 Å². The standard InChI is InChI=1S/C22H25N5O/c1-14(2)13-19-21-24-20(15-7-8-15)25-27(21)12-11-26(19)22(28)17-9-10-23-18-6-4-3-5-16(17)18/h3-6,9-10,14-15,19H,7-8,11-13H2,1-2H3/t19-/m0/s1. The highest BCUT2D eigenvalue weighted by atomic mass is 16.2. The second-order valence-electron chi connectivity index (χ2n) is 8.35. The van der Waals surface area contributed by atoms with Crippen molar-refractivity contribution in [2.24, 2.45) is 5.92 Å². The van der Waals surface area contributed by atoms with E-state index in [1.54, 1.807) is 6.20 Å². The van der Waals surface area contributed by atoms with Crippen molar-refractivity contribution in [2.45, 2.75) is 51.6 Å². The zero-order valence-corrected chi connectivity index (χ0v) is 16.4. The molecular formula is C22H25N5O. The average molecular weight is 375 g/mol. The molecule has 1 atom stereocenters. The van der Waals surface area contributed by atoms with E-state index < -0.39 is 0 Å². The minimum atomic E-state index is -0.0341. The van der Waals surface area contributed by atoms with Gasteiger partial charge in [-0.1, -0.05) is 32.0 Å². The summed E-state index contributed by atoms with van der Waals surface area (Å²) >= 11 is 0. The normalized spacial score (nSPS) is 19.2. The van der Waals surface area contributed by atoms with E-state index in [2.05, 4.69) is 18.8 Å². The number of hydrogen-bond acceptors (Lipinski definition) is 4. The van der Waals surface area contributed by atoms with E-state index in [0.29, 0.717) is 24.9 Å². The Bertz CT molecular complexity index is 1030. The molecule has 1 saturated carbocycles. The molecule has 1 fully saturated rings. The first kappa shape index (κ1) is 17.3. The van der Waals surface area contributed by atoms with E-state index in [1.807, 2.05) is 39.9 Å². The molecule has 1 amide bonds. The van der Waals surface area contributed by atoms with E-state index in [4.69, 9.17) is 10.1 Å². The summed E-state index contributed by atoms with van der Waals surface area (Å²) in [5.41, 5.74) is 1.57. The van der Waals surface area contributed by atoms with Crippen LogP contribution < -0.4 is 0 Å². The fraction of sp³-hybridized carbons (Fsp3) is 0.455. The van der Waals surface area contributed by atoms with Crippen molar-refractivity contribution < 1.29 is 4.79 Å². The molecule has 5 rings (SSSR count). The molecular weight excluding hydrogens is 350 g/mol. The van der Waals surface area contributed by atoms with Crippen LogP contribution in [0.3, 0.4) is 0 Å². The lowest BCUT2D eigenvalue weighted by molar-refractivity contribution is 0.0580. The third kappa shape index (κ3) is 2.97. The average Bonchev–Trinajstić information content (AvgIpc) is 3.46. The van der Waals surface area contributed by atoms with Gasteiger partial charge >= 0.3 is 0 Å². The van der Waals surface area contributed by atoms with Crippen LogP contribution in [0.25, 0.3) is 10.9 Å². The summed E-state index contributed by atoms with van der Waals surface area (Å²) in [6.45, 7) is 5.76. The molecule has 6 heteroatoms. The number of fused-ring (bicyclic) bond motifs is 2. The monoisotopic (exact) mass is 375 g/mol. The summed E-state index contributed by atoms with van der Waals surface area (Å²) in [4.78, 5) is 24.9. The highest BCUT2D eigenvalue weighted by Gasteiger charge is 2.37. The molecule has 1 aromatic carbocycles. The van der Waals surface area contributed by atoms with Crippen LogP contribution in [0.5, 0.6) is 0 Å². The predicted octanol–water partition coefficient (Wildman–Crippen LogP) is 3.95. The zero-order chi connectivity index (χ0) is 19.3. The van der Waals surface area contributed by atoms with E-state index >= 15 is 0 Å². The lowest BCUT2D eigenvalue weighted by Crippen LogP contribution is -2.43. The maximum Gasteiger partial charge on any atom is 0.255 e. The van der Waals surface area contributed by atoms with Crippen LogP contribution in [0, 0.1) is 5.92 Å². The van der Waals surface area contributed by atoms with Crippen LogP contribution in [0.2, 0.25) is 0 Å². The Morgan fingerprint density at radius 2 is 2.00 bits per heavy atom. The van der Waals surface area contributed by atoms with E-state index in [9.17, 15) is 4.79 Å². The third-order valence-electron chi connectivity index (χ3n) is 5.72. The second-order valence-corrected chi connectivity index (χ2v) is 8.35. The first-order valence-corrected chi connectivity index (χ1v) is 10.2. The number of rotatable bonds is 4. The summed E-state index contributed by atoms with van der Waals surface area (Å²) in [6.07, 6.45) is 4.98. The third-order valence-corrected chi connectivity index (χ3v) is 5.72. The van der Waals surface area contributed by atoms with Gasteiger partial charge in [-0.25, -0.2) is 9.67 Å². The van der Waals surface area contributed by atoms with Gasteiger partial charge in [-0.3, -0.25) is 9.78 Å². The van der Waals surface area contributed by atoms with Crippen LogP contribution in [-0.4, -0.2) is 37.1 Å². The maximum absolute atomic E-state index is 13.6. The Morgan fingerprint density at radius 3 is 2.79 bits per heavy atom. The molecule has 0 bridgehead atoms. The van der Waals surface area contributed by atoms with Crippen LogP contribution >= 0.6 is 0 Å². The van der Waals surface area contributed by atoms with Gasteiger partial charge in [0.2, 0.25) is 0 Å². The highest BCUT2D eigenvalue weighted by Crippen LogP contribution is 2.40. The van der Waals surface area contributed by atoms with Crippen LogP contribution in [0.1, 0.15) is 67.1 Å². The minimum Gasteiger partial charge on any atom is -0.327 e. The first-order valence-electron chi connectivity index (χ1n) is 10.2. The lowest BCUT2D eigenvalue weighted by atomic mass is 9.98. The van der Waals surface area contributed by atoms with Crippen LogP contribution in [0.4, 0.5) is 0 Å². The number of carbonyl (C=O) groups excluding carboxylic acids is 1. The summed E-state index contributed by atoms with van der Waals surface area (Å²) in [7, 11) is 0. The summed E-state index contributed by atoms with van der Waals surface area (Å²) < 4.78 is 2.04. The molecule has 2 aliphatic rings. The van der Waals surface area contributed by atoms with E-state index in [0.717, 1.165) is 34.5 Å². The summed E-state index contributed by atoms with van der Waals surface area (Å²) in [5.74, 6) is 2.96. The Kier molecular flexibility index (Phi) is 4.14. The molecule has 28 heavy (non-hydrogen) atoms. The van der Waals surface area contributed by atoms with Crippen LogP contribution in [-0.2, 0) is 6.54 Å². The van der Waals surface area contributed by atoms with Gasteiger partial charge in [0.15, 0.2) is 5.82 Å². The number of hydrogen-bond donors (Lipinski definition) is 0. The molecule has 1 aliphatic carbocycles. The van der Waals surface area contributed by atoms with Crippen molar-refractivity contribution in [1.82, 2.24) is 24.6 Å². The molecule has 0 spiro atoms. The fourth-order valence-electron chi connectivity index (χ4n) is 4.15. The zero-order valence-electron chi connectivity index (χ0n) is 16.4. The van der Waals surface area contributed by atoms with Gasteiger partial charge in [-0.2, -0.15) is 5.10 Å². The van der Waals surface area contributed by atoms with Crippen molar-refractivity contribution >= 4 is 16.8 Å². The number of benzene rings is 1. The first-order chi connectivity index (χ1) is 13.6. The van der Waals surface area contributed by atoms with Crippen molar-refractivity contribution in [2.75, 3.05) is 6.54 Å². The molecule has 2 aromatic heterocycles. The highest BCUT2D eigenvalue weighted by molar-refractivity contribution is 6.06. The summed E-state index contributed by atoms with van der Waals surface area (Å²) in [6, 6.07) is 9.64. The number of amides is 1. The van der Waals surface area contributed by atoms with E-state index in [1.165, 1.54) is 12.8 Å². The van der Waals surface area contributed by atoms with Crippen molar-refractivity contribution in [3.63, 3.8) is 0 Å². The Balaban J connectivity index is 1.54. The molecule has 6 nitrogen and oxygen atoms in total. The van der Waals surface area contributed by atoms with Gasteiger partial charge in [-0.15, -0.1) is 0 Å². The number of carbonyl (C=O) groups is 1. The molecule has 0 unspecified atom stereocenters. The molecule has 0 N–H and O–H groups in total. The molecule has 144 valence electrons. The quantitative estimate of drug-likeness (QED) is 0.693. The topological polar surface area (TPSA) is 63.9 Å². The fourth-order valence-corrected chi connectivity index (χ4v) is 4.15. The van der Waals surface area contributed by atoms with Crippen LogP contribution in [0.15, 0.2) is 36.5 Å². The Morgan fingerprint density at radius 1 is 1.18 bits per heavy atom. The maximum atomic E-state index is 13.6. The largest absolute Gasteiger partial charge is 0.327 e. The molecule has 0 radical (unpaired) electrons. The molecule has 1 aliphatic heterocycles. The van der Waals surface area contributed by atoms with Crippen molar-refractivity contribution in [3.8, 4) is 0 Å². The predicted molar refractivity (Wildman–Crippen MR) is 107 cm³/mol. The van der Waals surface area contributed by atoms with Gasteiger partial charge in [0, 0.05) is 24.0 Å². The van der Waals surface area contributed by atoms with Gasteiger partial charge < -0.3 is 4.90 Å². The molecule has 3 aromatic rings.